The average molecular weight is 533 g/mol. The van der Waals surface area contributed by atoms with Crippen molar-refractivity contribution in [1.82, 2.24) is 24.9 Å². The summed E-state index contributed by atoms with van der Waals surface area (Å²) in [5.74, 6) is 0.293. The van der Waals surface area contributed by atoms with Crippen LogP contribution >= 0.6 is 0 Å². The van der Waals surface area contributed by atoms with Crippen LogP contribution in [0, 0.1) is 5.82 Å². The molecule has 2 amide bonds. The molecule has 9 heteroatoms. The molecule has 8 nitrogen and oxygen atoms in total. The minimum absolute atomic E-state index is 0.0431. The maximum atomic E-state index is 13.4. The van der Waals surface area contributed by atoms with Crippen LogP contribution < -0.4 is 4.90 Å². The van der Waals surface area contributed by atoms with Crippen LogP contribution in [0.1, 0.15) is 30.6 Å². The third kappa shape index (κ3) is 7.60. The highest BCUT2D eigenvalue weighted by atomic mass is 19.1. The SMILES string of the molecule is CCN(CC)CCN(CC(=O)N1CCCN(c2ccc(-c3ccc(F)cc3)nn2)CC1)C(=O)c1ccccc1. The Hall–Kier alpha value is -3.85. The number of carbonyl (C=O) groups excluding carboxylic acids is 2. The lowest BCUT2D eigenvalue weighted by atomic mass is 10.1. The van der Waals surface area contributed by atoms with Crippen LogP contribution in [0.2, 0.25) is 0 Å². The Morgan fingerprint density at radius 3 is 2.26 bits per heavy atom. The number of rotatable bonds is 10. The summed E-state index contributed by atoms with van der Waals surface area (Å²) in [6, 6.07) is 19.1. The maximum absolute atomic E-state index is 13.4. The van der Waals surface area contributed by atoms with Crippen LogP contribution in [0.25, 0.3) is 11.3 Å². The van der Waals surface area contributed by atoms with Gasteiger partial charge in [-0.05, 0) is 68.0 Å². The molecule has 0 saturated carbocycles. The summed E-state index contributed by atoms with van der Waals surface area (Å²) in [5.41, 5.74) is 2.08. The van der Waals surface area contributed by atoms with E-state index in [1.165, 1.54) is 12.1 Å². The second-order valence-electron chi connectivity index (χ2n) is 9.62. The lowest BCUT2D eigenvalue weighted by molar-refractivity contribution is -0.131. The van der Waals surface area contributed by atoms with Gasteiger partial charge in [0.1, 0.15) is 12.4 Å². The highest BCUT2D eigenvalue weighted by Gasteiger charge is 2.25. The van der Waals surface area contributed by atoms with E-state index in [4.69, 9.17) is 0 Å². The van der Waals surface area contributed by atoms with Gasteiger partial charge in [-0.1, -0.05) is 32.0 Å². The minimum Gasteiger partial charge on any atom is -0.353 e. The molecule has 2 heterocycles. The zero-order chi connectivity index (χ0) is 27.6. The van der Waals surface area contributed by atoms with Crippen molar-refractivity contribution in [3.05, 3.63) is 78.1 Å². The molecule has 4 rings (SSSR count). The van der Waals surface area contributed by atoms with Crippen LogP contribution in [-0.4, -0.2) is 95.6 Å². The van der Waals surface area contributed by atoms with Crippen molar-refractivity contribution in [2.24, 2.45) is 0 Å². The van der Waals surface area contributed by atoms with Crippen molar-refractivity contribution in [3.8, 4) is 11.3 Å². The van der Waals surface area contributed by atoms with E-state index in [1.807, 2.05) is 35.2 Å². The van der Waals surface area contributed by atoms with E-state index in [9.17, 15) is 14.0 Å². The van der Waals surface area contributed by atoms with Crippen LogP contribution in [0.15, 0.2) is 66.7 Å². The molecule has 1 aromatic heterocycles. The van der Waals surface area contributed by atoms with Crippen molar-refractivity contribution < 1.29 is 14.0 Å². The number of hydrogen-bond donors (Lipinski definition) is 0. The third-order valence-corrected chi connectivity index (χ3v) is 7.18. The van der Waals surface area contributed by atoms with E-state index in [0.29, 0.717) is 37.4 Å². The Morgan fingerprint density at radius 1 is 0.846 bits per heavy atom. The van der Waals surface area contributed by atoms with Gasteiger partial charge in [0.05, 0.1) is 5.69 Å². The minimum atomic E-state index is -0.288. The van der Waals surface area contributed by atoms with Crippen molar-refractivity contribution in [1.29, 1.82) is 0 Å². The molecular weight excluding hydrogens is 495 g/mol. The molecule has 0 bridgehead atoms. The fraction of sp³-hybridized carbons (Fsp3) is 0.400. The molecule has 2 aromatic carbocycles. The molecule has 1 aliphatic rings. The average Bonchev–Trinajstić information content (AvgIpc) is 3.24. The van der Waals surface area contributed by atoms with Gasteiger partial charge in [-0.25, -0.2) is 4.39 Å². The van der Waals surface area contributed by atoms with Gasteiger partial charge in [0.15, 0.2) is 5.82 Å². The molecule has 1 aliphatic heterocycles. The molecule has 0 radical (unpaired) electrons. The summed E-state index contributed by atoms with van der Waals surface area (Å²) in [6.45, 7) is 9.82. The highest BCUT2D eigenvalue weighted by Crippen LogP contribution is 2.20. The van der Waals surface area contributed by atoms with E-state index < -0.39 is 0 Å². The van der Waals surface area contributed by atoms with Crippen LogP contribution in [0.3, 0.4) is 0 Å². The molecule has 206 valence electrons. The van der Waals surface area contributed by atoms with Gasteiger partial charge in [-0.3, -0.25) is 9.59 Å². The highest BCUT2D eigenvalue weighted by molar-refractivity contribution is 5.96. The summed E-state index contributed by atoms with van der Waals surface area (Å²) in [6.07, 6.45) is 0.791. The molecule has 1 fully saturated rings. The van der Waals surface area contributed by atoms with Gasteiger partial charge in [-0.15, -0.1) is 10.2 Å². The van der Waals surface area contributed by atoms with Gasteiger partial charge in [-0.2, -0.15) is 0 Å². The van der Waals surface area contributed by atoms with Gasteiger partial charge in [0.2, 0.25) is 5.91 Å². The number of amides is 2. The lowest BCUT2D eigenvalue weighted by Crippen LogP contribution is -2.46. The quantitative estimate of drug-likeness (QED) is 0.396. The Kier molecular flexibility index (Phi) is 9.97. The summed E-state index contributed by atoms with van der Waals surface area (Å²) in [4.78, 5) is 34.6. The molecule has 0 N–H and O–H groups in total. The van der Waals surface area contributed by atoms with Crippen LogP contribution in [0.5, 0.6) is 0 Å². The summed E-state index contributed by atoms with van der Waals surface area (Å²) in [7, 11) is 0. The smallest absolute Gasteiger partial charge is 0.254 e. The van der Waals surface area contributed by atoms with Crippen LogP contribution in [0.4, 0.5) is 10.2 Å². The maximum Gasteiger partial charge on any atom is 0.254 e. The summed E-state index contributed by atoms with van der Waals surface area (Å²) < 4.78 is 13.2. The van der Waals surface area contributed by atoms with Crippen molar-refractivity contribution in [2.75, 3.05) is 63.8 Å². The number of hydrogen-bond acceptors (Lipinski definition) is 6. The third-order valence-electron chi connectivity index (χ3n) is 7.18. The number of aromatic nitrogens is 2. The number of likely N-dealkylation sites (N-methyl/N-ethyl adjacent to an activating group) is 1. The first-order chi connectivity index (χ1) is 19.0. The van der Waals surface area contributed by atoms with E-state index in [1.54, 1.807) is 29.2 Å². The van der Waals surface area contributed by atoms with Gasteiger partial charge in [0.25, 0.3) is 5.91 Å². The zero-order valence-corrected chi connectivity index (χ0v) is 22.8. The van der Waals surface area contributed by atoms with Gasteiger partial charge in [0, 0.05) is 50.4 Å². The molecule has 0 aliphatic carbocycles. The molecule has 3 aromatic rings. The van der Waals surface area contributed by atoms with E-state index in [0.717, 1.165) is 44.0 Å². The molecule has 0 atom stereocenters. The first kappa shape index (κ1) is 28.2. The van der Waals surface area contributed by atoms with E-state index in [-0.39, 0.29) is 24.2 Å². The predicted octanol–water partition coefficient (Wildman–Crippen LogP) is 3.81. The number of halogens is 1. The molecular formula is C30H37FN6O2. The topological polar surface area (TPSA) is 72.9 Å². The fourth-order valence-electron chi connectivity index (χ4n) is 4.75. The number of anilines is 1. The zero-order valence-electron chi connectivity index (χ0n) is 22.8. The second kappa shape index (κ2) is 13.8. The Bertz CT molecular complexity index is 1200. The molecule has 39 heavy (non-hydrogen) atoms. The van der Waals surface area contributed by atoms with Gasteiger partial charge >= 0.3 is 0 Å². The van der Waals surface area contributed by atoms with Crippen molar-refractivity contribution in [2.45, 2.75) is 20.3 Å². The Balaban J connectivity index is 1.38. The summed E-state index contributed by atoms with van der Waals surface area (Å²) in [5, 5.41) is 8.73. The first-order valence-corrected chi connectivity index (χ1v) is 13.7. The van der Waals surface area contributed by atoms with E-state index in [2.05, 4.69) is 33.8 Å². The number of nitrogens with zero attached hydrogens (tertiary/aromatic N) is 6. The van der Waals surface area contributed by atoms with E-state index >= 15 is 0 Å². The second-order valence-corrected chi connectivity index (χ2v) is 9.62. The number of benzene rings is 2. The van der Waals surface area contributed by atoms with Crippen LogP contribution in [-0.2, 0) is 4.79 Å². The number of carbonyl (C=O) groups is 2. The lowest BCUT2D eigenvalue weighted by Gasteiger charge is -2.29. The van der Waals surface area contributed by atoms with Gasteiger partial charge < -0.3 is 19.6 Å². The van der Waals surface area contributed by atoms with Crippen molar-refractivity contribution >= 4 is 17.6 Å². The largest absolute Gasteiger partial charge is 0.353 e. The predicted molar refractivity (Wildman–Crippen MR) is 151 cm³/mol. The Morgan fingerprint density at radius 2 is 1.59 bits per heavy atom. The Labute approximate surface area is 230 Å². The monoisotopic (exact) mass is 532 g/mol. The molecule has 0 unspecified atom stereocenters. The standard InChI is InChI=1S/C30H37FN6O2/c1-3-34(4-2)19-20-37(30(39)25-9-6-5-7-10-25)23-29(38)36-18-8-17-35(21-22-36)28-16-15-27(32-33-28)24-11-13-26(31)14-12-24/h5-7,9-16H,3-4,8,17-23H2,1-2H3. The normalized spacial score (nSPS) is 13.8. The molecule has 1 saturated heterocycles. The first-order valence-electron chi connectivity index (χ1n) is 13.7. The fourth-order valence-corrected chi connectivity index (χ4v) is 4.75. The van der Waals surface area contributed by atoms with Crippen molar-refractivity contribution in [3.63, 3.8) is 0 Å². The summed E-state index contributed by atoms with van der Waals surface area (Å²) >= 11 is 0. The molecule has 0 spiro atoms.